The van der Waals surface area contributed by atoms with Gasteiger partial charge in [-0.05, 0) is 36.8 Å². The van der Waals surface area contributed by atoms with Gasteiger partial charge in [0.1, 0.15) is 24.6 Å². The van der Waals surface area contributed by atoms with Crippen LogP contribution in [0.3, 0.4) is 0 Å². The van der Waals surface area contributed by atoms with E-state index in [1.807, 2.05) is 38.1 Å². The minimum atomic E-state index is -1.53. The van der Waals surface area contributed by atoms with E-state index in [9.17, 15) is 19.5 Å². The first-order chi connectivity index (χ1) is 17.0. The molecule has 0 spiro atoms. The number of benzene rings is 1. The van der Waals surface area contributed by atoms with Crippen LogP contribution in [0.4, 0.5) is 0 Å². The Labute approximate surface area is 207 Å². The first kappa shape index (κ1) is 27.0. The van der Waals surface area contributed by atoms with Crippen LogP contribution in [0, 0.1) is 0 Å². The third kappa shape index (κ3) is 7.21. The lowest BCUT2D eigenvalue weighted by Crippen LogP contribution is -2.59. The second-order valence-electron chi connectivity index (χ2n) is 8.52. The lowest BCUT2D eigenvalue weighted by Gasteiger charge is -2.42. The quantitative estimate of drug-likeness (QED) is 0.376. The number of hydrogen-bond acceptors (Lipinski definition) is 12. The minimum absolute atomic E-state index is 0.0542. The van der Waals surface area contributed by atoms with Crippen LogP contribution in [-0.2, 0) is 39.8 Å². The van der Waals surface area contributed by atoms with Crippen molar-refractivity contribution in [2.24, 2.45) is 0 Å². The Balaban J connectivity index is 1.83. The summed E-state index contributed by atoms with van der Waals surface area (Å²) in [4.78, 5) is 35.8. The van der Waals surface area contributed by atoms with Gasteiger partial charge < -0.3 is 28.8 Å². The van der Waals surface area contributed by atoms with Crippen molar-refractivity contribution < 1.29 is 43.2 Å². The van der Waals surface area contributed by atoms with Crippen LogP contribution in [0.25, 0.3) is 0 Å². The molecule has 1 aliphatic heterocycles. The summed E-state index contributed by atoms with van der Waals surface area (Å²) in [5.41, 5.74) is 0.898. The number of carbonyl (C=O) groups excluding carboxylic acids is 3. The first-order valence-electron chi connectivity index (χ1n) is 11.4. The highest BCUT2D eigenvalue weighted by molar-refractivity contribution is 5.67. The number of carbonyl (C=O) groups is 3. The van der Waals surface area contributed by atoms with Gasteiger partial charge in [-0.2, -0.15) is 0 Å². The van der Waals surface area contributed by atoms with Crippen LogP contribution in [0.1, 0.15) is 52.2 Å². The lowest BCUT2D eigenvalue weighted by molar-refractivity contribution is -0.268. The van der Waals surface area contributed by atoms with Gasteiger partial charge in [0.05, 0.1) is 6.10 Å². The number of esters is 3. The molecular weight excluding hydrogens is 476 g/mol. The molecule has 36 heavy (non-hydrogen) atoms. The third-order valence-electron chi connectivity index (χ3n) is 5.04. The summed E-state index contributed by atoms with van der Waals surface area (Å²) in [6, 6.07) is 7.43. The minimum Gasteiger partial charge on any atom is -0.491 e. The maximum absolute atomic E-state index is 11.8. The summed E-state index contributed by atoms with van der Waals surface area (Å²) >= 11 is 0. The zero-order valence-electron chi connectivity index (χ0n) is 20.7. The standard InChI is InChI=1S/C23H30N4O9/c1-12(2)33-17-8-6-16(7-9-17)10-19-24-26-27(25-19)23-22(35-15(5)30)20(31)21(34-14(4)29)18(36-23)11-32-13(3)28/h6-9,12,18,20-23,31H,10-11H2,1-5H3. The Morgan fingerprint density at radius 3 is 2.25 bits per heavy atom. The zero-order valence-corrected chi connectivity index (χ0v) is 20.7. The number of aliphatic hydroxyl groups is 1. The molecule has 13 heteroatoms. The molecule has 1 aliphatic rings. The van der Waals surface area contributed by atoms with Crippen molar-refractivity contribution in [1.82, 2.24) is 20.2 Å². The average molecular weight is 507 g/mol. The molecule has 1 aromatic heterocycles. The van der Waals surface area contributed by atoms with E-state index in [4.69, 9.17) is 23.7 Å². The smallest absolute Gasteiger partial charge is 0.303 e. The fraction of sp³-hybridized carbons (Fsp3) is 0.565. The number of aromatic nitrogens is 4. The predicted octanol–water partition coefficient (Wildman–Crippen LogP) is 0.736. The van der Waals surface area contributed by atoms with Crippen LogP contribution in [0.2, 0.25) is 0 Å². The van der Waals surface area contributed by atoms with E-state index >= 15 is 0 Å². The van der Waals surface area contributed by atoms with Crippen molar-refractivity contribution in [3.63, 3.8) is 0 Å². The summed E-state index contributed by atoms with van der Waals surface area (Å²) in [6.07, 6.45) is -6.08. The molecule has 5 unspecified atom stereocenters. The van der Waals surface area contributed by atoms with Gasteiger partial charge >= 0.3 is 17.9 Å². The molecule has 0 radical (unpaired) electrons. The van der Waals surface area contributed by atoms with Crippen LogP contribution < -0.4 is 4.74 Å². The summed E-state index contributed by atoms with van der Waals surface area (Å²) in [7, 11) is 0. The van der Waals surface area contributed by atoms with Gasteiger partial charge in [-0.1, -0.05) is 12.1 Å². The fourth-order valence-corrected chi connectivity index (χ4v) is 3.66. The van der Waals surface area contributed by atoms with Crippen LogP contribution >= 0.6 is 0 Å². The van der Waals surface area contributed by atoms with Gasteiger partial charge in [-0.25, -0.2) is 0 Å². The van der Waals surface area contributed by atoms with Crippen molar-refractivity contribution >= 4 is 17.9 Å². The number of aliphatic hydroxyl groups excluding tert-OH is 1. The largest absolute Gasteiger partial charge is 0.491 e. The van der Waals surface area contributed by atoms with Crippen molar-refractivity contribution in [3.05, 3.63) is 35.7 Å². The molecule has 5 atom stereocenters. The van der Waals surface area contributed by atoms with Gasteiger partial charge in [0, 0.05) is 27.2 Å². The van der Waals surface area contributed by atoms with Gasteiger partial charge in [-0.3, -0.25) is 14.4 Å². The summed E-state index contributed by atoms with van der Waals surface area (Å²) in [5, 5.41) is 23.3. The molecule has 1 saturated heterocycles. The SMILES string of the molecule is CC(=O)OCC1OC(n2nnc(Cc3ccc(OC(C)C)cc3)n2)C(OC(C)=O)C(O)C1OC(C)=O. The predicted molar refractivity (Wildman–Crippen MR) is 120 cm³/mol. The van der Waals surface area contributed by atoms with E-state index in [0.717, 1.165) is 30.0 Å². The second kappa shape index (κ2) is 11.9. The molecule has 2 aromatic rings. The first-order valence-corrected chi connectivity index (χ1v) is 11.4. The maximum Gasteiger partial charge on any atom is 0.303 e. The molecule has 0 saturated carbocycles. The Bertz CT molecular complexity index is 1050. The van der Waals surface area contributed by atoms with E-state index in [1.54, 1.807) is 0 Å². The molecule has 1 fully saturated rings. The molecule has 13 nitrogen and oxygen atoms in total. The average Bonchev–Trinajstić information content (AvgIpc) is 3.24. The maximum atomic E-state index is 11.8. The fourth-order valence-electron chi connectivity index (χ4n) is 3.66. The molecule has 196 valence electrons. The number of rotatable bonds is 9. The Hall–Kier alpha value is -3.58. The van der Waals surface area contributed by atoms with Crippen LogP contribution in [0.5, 0.6) is 5.75 Å². The van der Waals surface area contributed by atoms with Crippen LogP contribution in [-0.4, -0.2) is 80.3 Å². The monoisotopic (exact) mass is 506 g/mol. The van der Waals surface area contributed by atoms with Crippen molar-refractivity contribution in [1.29, 1.82) is 0 Å². The summed E-state index contributed by atoms with van der Waals surface area (Å²) < 4.78 is 27.0. The molecule has 0 bridgehead atoms. The number of hydrogen-bond donors (Lipinski definition) is 1. The molecule has 3 rings (SSSR count). The normalized spacial score (nSPS) is 23.7. The van der Waals surface area contributed by atoms with E-state index in [0.29, 0.717) is 12.2 Å². The van der Waals surface area contributed by atoms with E-state index in [-0.39, 0.29) is 12.7 Å². The van der Waals surface area contributed by atoms with E-state index < -0.39 is 48.6 Å². The summed E-state index contributed by atoms with van der Waals surface area (Å²) in [5.74, 6) is -0.941. The van der Waals surface area contributed by atoms with Crippen molar-refractivity contribution in [2.75, 3.05) is 6.61 Å². The van der Waals surface area contributed by atoms with Crippen molar-refractivity contribution in [3.8, 4) is 5.75 Å². The van der Waals surface area contributed by atoms with Crippen molar-refractivity contribution in [2.45, 2.75) is 77.8 Å². The van der Waals surface area contributed by atoms with Gasteiger partial charge in [0.2, 0.25) is 6.23 Å². The number of tetrazole rings is 1. The van der Waals surface area contributed by atoms with E-state index in [1.165, 1.54) is 6.92 Å². The zero-order chi connectivity index (χ0) is 26.4. The highest BCUT2D eigenvalue weighted by Gasteiger charge is 2.51. The summed E-state index contributed by atoms with van der Waals surface area (Å²) in [6.45, 7) is 7.05. The van der Waals surface area contributed by atoms with Gasteiger partial charge in [0.15, 0.2) is 18.0 Å². The highest BCUT2D eigenvalue weighted by Crippen LogP contribution is 2.32. The second-order valence-corrected chi connectivity index (χ2v) is 8.52. The van der Waals surface area contributed by atoms with Gasteiger partial charge in [0.25, 0.3) is 0 Å². The Morgan fingerprint density at radius 2 is 1.67 bits per heavy atom. The number of ether oxygens (including phenoxy) is 5. The molecule has 0 amide bonds. The topological polar surface area (TPSA) is 161 Å². The molecule has 2 heterocycles. The Morgan fingerprint density at radius 1 is 1.03 bits per heavy atom. The third-order valence-corrected chi connectivity index (χ3v) is 5.04. The highest BCUT2D eigenvalue weighted by atomic mass is 16.6. The number of nitrogens with zero attached hydrogens (tertiary/aromatic N) is 4. The van der Waals surface area contributed by atoms with Gasteiger partial charge in [-0.15, -0.1) is 15.0 Å². The van der Waals surface area contributed by atoms with Crippen LogP contribution in [0.15, 0.2) is 24.3 Å². The van der Waals surface area contributed by atoms with E-state index in [2.05, 4.69) is 15.4 Å². The lowest BCUT2D eigenvalue weighted by atomic mass is 9.98. The molecule has 1 aromatic carbocycles. The Kier molecular flexibility index (Phi) is 8.93. The molecule has 1 N–H and O–H groups in total. The molecular formula is C23H30N4O9. The molecule has 0 aliphatic carbocycles.